The fourth-order valence-electron chi connectivity index (χ4n) is 2.65. The topological polar surface area (TPSA) is 56.5 Å². The average molecular weight is 322 g/mol. The molecule has 2 aromatic carbocycles. The zero-order valence-corrected chi connectivity index (χ0v) is 12.6. The molecule has 0 aliphatic carbocycles. The molecule has 0 fully saturated rings. The van der Waals surface area contributed by atoms with Crippen molar-refractivity contribution in [1.29, 1.82) is 0 Å². The highest BCUT2D eigenvalue weighted by atomic mass is 19.1. The van der Waals surface area contributed by atoms with Crippen molar-refractivity contribution in [3.8, 4) is 5.75 Å². The second-order valence-electron chi connectivity index (χ2n) is 5.60. The third kappa shape index (κ3) is 2.22. The number of halogens is 1. The van der Waals surface area contributed by atoms with E-state index < -0.39 is 11.2 Å². The molecule has 0 saturated heterocycles. The molecule has 1 aromatic heterocycles. The first kappa shape index (κ1) is 14.4. The van der Waals surface area contributed by atoms with Crippen LogP contribution in [0, 0.1) is 12.7 Å². The van der Waals surface area contributed by atoms with Crippen LogP contribution in [0.15, 0.2) is 57.6 Å². The van der Waals surface area contributed by atoms with Crippen LogP contribution in [0.5, 0.6) is 5.75 Å². The Hall–Kier alpha value is -3.21. The van der Waals surface area contributed by atoms with Crippen LogP contribution in [0.4, 0.5) is 4.39 Å². The summed E-state index contributed by atoms with van der Waals surface area (Å²) in [4.78, 5) is 24.8. The standard InChI is InChI=1S/C19H11FO4/c1-10-2-4-13-16(6-10)24-17(19(13)22)7-11-9-23-15-5-3-12(20)8-14(15)18(11)21/h2-9H,1H3/b17-7-. The monoisotopic (exact) mass is 322 g/mol. The Morgan fingerprint density at radius 1 is 1.08 bits per heavy atom. The number of fused-ring (bicyclic) bond motifs is 2. The molecule has 5 heteroatoms. The zero-order chi connectivity index (χ0) is 16.8. The van der Waals surface area contributed by atoms with E-state index in [1.165, 1.54) is 24.5 Å². The molecule has 118 valence electrons. The quantitative estimate of drug-likeness (QED) is 0.638. The first-order valence-electron chi connectivity index (χ1n) is 7.29. The van der Waals surface area contributed by atoms with Gasteiger partial charge in [-0.3, -0.25) is 9.59 Å². The average Bonchev–Trinajstić information content (AvgIpc) is 2.86. The molecule has 1 aliphatic heterocycles. The van der Waals surface area contributed by atoms with E-state index in [1.807, 2.05) is 13.0 Å². The van der Waals surface area contributed by atoms with Crippen molar-refractivity contribution in [2.75, 3.05) is 0 Å². The Morgan fingerprint density at radius 2 is 1.92 bits per heavy atom. The van der Waals surface area contributed by atoms with Crippen LogP contribution in [0.25, 0.3) is 17.0 Å². The first-order chi connectivity index (χ1) is 11.5. The molecule has 0 atom stereocenters. The molecule has 0 radical (unpaired) electrons. The molecule has 2 heterocycles. The lowest BCUT2D eigenvalue weighted by atomic mass is 10.1. The summed E-state index contributed by atoms with van der Waals surface area (Å²) in [5.41, 5.74) is 1.39. The van der Waals surface area contributed by atoms with Gasteiger partial charge in [-0.2, -0.15) is 0 Å². The maximum Gasteiger partial charge on any atom is 0.231 e. The first-order valence-corrected chi connectivity index (χ1v) is 7.29. The summed E-state index contributed by atoms with van der Waals surface area (Å²) in [6.07, 6.45) is 2.56. The van der Waals surface area contributed by atoms with Crippen molar-refractivity contribution in [3.63, 3.8) is 0 Å². The molecule has 0 amide bonds. The largest absolute Gasteiger partial charge is 0.463 e. The van der Waals surface area contributed by atoms with Gasteiger partial charge < -0.3 is 9.15 Å². The molecule has 0 unspecified atom stereocenters. The van der Waals surface area contributed by atoms with Crippen molar-refractivity contribution < 1.29 is 18.3 Å². The summed E-state index contributed by atoms with van der Waals surface area (Å²) < 4.78 is 24.3. The summed E-state index contributed by atoms with van der Waals surface area (Å²) in [6, 6.07) is 8.97. The van der Waals surface area contributed by atoms with Crippen LogP contribution < -0.4 is 10.2 Å². The number of Topliss-reactive ketones (excluding diaryl/α,β-unsaturated/α-hetero) is 1. The van der Waals surface area contributed by atoms with Crippen LogP contribution in [0.1, 0.15) is 21.5 Å². The van der Waals surface area contributed by atoms with Gasteiger partial charge in [0.1, 0.15) is 23.4 Å². The maximum atomic E-state index is 13.4. The van der Waals surface area contributed by atoms with Crippen molar-refractivity contribution >= 4 is 22.8 Å². The highest BCUT2D eigenvalue weighted by molar-refractivity contribution is 6.14. The maximum absolute atomic E-state index is 13.4. The molecule has 4 rings (SSSR count). The van der Waals surface area contributed by atoms with E-state index in [9.17, 15) is 14.0 Å². The Morgan fingerprint density at radius 3 is 2.75 bits per heavy atom. The fraction of sp³-hybridized carbons (Fsp3) is 0.0526. The van der Waals surface area contributed by atoms with Crippen molar-refractivity contribution in [1.82, 2.24) is 0 Å². The lowest BCUT2D eigenvalue weighted by Gasteiger charge is -2.01. The van der Waals surface area contributed by atoms with E-state index in [1.54, 1.807) is 12.1 Å². The van der Waals surface area contributed by atoms with E-state index in [0.29, 0.717) is 11.3 Å². The van der Waals surface area contributed by atoms with Crippen LogP contribution >= 0.6 is 0 Å². The van der Waals surface area contributed by atoms with E-state index in [0.717, 1.165) is 11.6 Å². The molecule has 0 bridgehead atoms. The minimum Gasteiger partial charge on any atom is -0.463 e. The molecule has 0 spiro atoms. The highest BCUT2D eigenvalue weighted by Gasteiger charge is 2.27. The van der Waals surface area contributed by atoms with Gasteiger partial charge in [0.2, 0.25) is 5.78 Å². The molecule has 4 nitrogen and oxygen atoms in total. The SMILES string of the molecule is Cc1ccc2c(c1)O/C(=C\c1coc3ccc(F)cc3c1=O)C2=O. The number of hydrogen-bond donors (Lipinski definition) is 0. The normalized spacial score (nSPS) is 14.9. The molecule has 0 saturated carbocycles. The fourth-order valence-corrected chi connectivity index (χ4v) is 2.65. The van der Waals surface area contributed by atoms with Gasteiger partial charge >= 0.3 is 0 Å². The van der Waals surface area contributed by atoms with Crippen LogP contribution in [0.3, 0.4) is 0 Å². The number of rotatable bonds is 1. The van der Waals surface area contributed by atoms with Crippen molar-refractivity contribution in [2.45, 2.75) is 6.92 Å². The second-order valence-corrected chi connectivity index (χ2v) is 5.60. The van der Waals surface area contributed by atoms with Gasteiger partial charge in [0.15, 0.2) is 11.2 Å². The Bertz CT molecular complexity index is 1090. The van der Waals surface area contributed by atoms with E-state index in [4.69, 9.17) is 9.15 Å². The Labute approximate surface area is 135 Å². The number of allylic oxidation sites excluding steroid dienone is 1. The van der Waals surface area contributed by atoms with E-state index in [2.05, 4.69) is 0 Å². The molecule has 0 N–H and O–H groups in total. The number of ether oxygens (including phenoxy) is 1. The summed E-state index contributed by atoms with van der Waals surface area (Å²) in [6.45, 7) is 1.89. The van der Waals surface area contributed by atoms with Gasteiger partial charge in [-0.15, -0.1) is 0 Å². The number of ketones is 1. The summed E-state index contributed by atoms with van der Waals surface area (Å²) in [5.74, 6) is -0.333. The zero-order valence-electron chi connectivity index (χ0n) is 12.6. The number of benzene rings is 2. The lowest BCUT2D eigenvalue weighted by molar-refractivity contribution is 0.101. The third-order valence-electron chi connectivity index (χ3n) is 3.87. The van der Waals surface area contributed by atoms with Crippen LogP contribution in [-0.4, -0.2) is 5.78 Å². The second kappa shape index (κ2) is 5.16. The molecule has 3 aromatic rings. The van der Waals surface area contributed by atoms with Gasteiger partial charge in [0, 0.05) is 0 Å². The minimum absolute atomic E-state index is 0.0404. The number of carbonyl (C=O) groups is 1. The molecular formula is C19H11FO4. The predicted molar refractivity (Wildman–Crippen MR) is 86.6 cm³/mol. The summed E-state index contributed by atoms with van der Waals surface area (Å²) >= 11 is 0. The molecule has 1 aliphatic rings. The Kier molecular flexibility index (Phi) is 3.09. The Balaban J connectivity index is 1.82. The molecular weight excluding hydrogens is 311 g/mol. The number of hydrogen-bond acceptors (Lipinski definition) is 4. The van der Waals surface area contributed by atoms with Crippen LogP contribution in [-0.2, 0) is 0 Å². The summed E-state index contributed by atoms with van der Waals surface area (Å²) in [7, 11) is 0. The van der Waals surface area contributed by atoms with Crippen molar-refractivity contribution in [2.24, 2.45) is 0 Å². The number of carbonyl (C=O) groups excluding carboxylic acids is 1. The van der Waals surface area contributed by atoms with Gasteiger partial charge in [-0.05, 0) is 48.9 Å². The van der Waals surface area contributed by atoms with Gasteiger partial charge in [0.05, 0.1) is 16.5 Å². The third-order valence-corrected chi connectivity index (χ3v) is 3.87. The smallest absolute Gasteiger partial charge is 0.231 e. The molecule has 24 heavy (non-hydrogen) atoms. The van der Waals surface area contributed by atoms with Crippen LogP contribution in [0.2, 0.25) is 0 Å². The summed E-state index contributed by atoms with van der Waals surface area (Å²) in [5, 5.41) is 0.114. The number of aryl methyl sites for hydroxylation is 1. The van der Waals surface area contributed by atoms with Gasteiger partial charge in [-0.1, -0.05) is 6.07 Å². The van der Waals surface area contributed by atoms with E-state index in [-0.39, 0.29) is 28.1 Å². The van der Waals surface area contributed by atoms with E-state index >= 15 is 0 Å². The van der Waals surface area contributed by atoms with Gasteiger partial charge in [0.25, 0.3) is 0 Å². The minimum atomic E-state index is -0.532. The highest BCUT2D eigenvalue weighted by Crippen LogP contribution is 2.32. The lowest BCUT2D eigenvalue weighted by Crippen LogP contribution is -2.07. The van der Waals surface area contributed by atoms with Gasteiger partial charge in [-0.25, -0.2) is 4.39 Å². The predicted octanol–water partition coefficient (Wildman–Crippen LogP) is 3.86. The van der Waals surface area contributed by atoms with Crippen molar-refractivity contribution in [3.05, 3.63) is 81.2 Å².